The Morgan fingerprint density at radius 1 is 1.13 bits per heavy atom. The summed E-state index contributed by atoms with van der Waals surface area (Å²) >= 11 is 5.31. The highest BCUT2D eigenvalue weighted by Crippen LogP contribution is 2.30. The van der Waals surface area contributed by atoms with Gasteiger partial charge in [0.15, 0.2) is 10.7 Å². The van der Waals surface area contributed by atoms with Crippen LogP contribution in [-0.4, -0.2) is 54.3 Å². The van der Waals surface area contributed by atoms with Gasteiger partial charge in [0.1, 0.15) is 17.0 Å². The van der Waals surface area contributed by atoms with Crippen molar-refractivity contribution in [1.82, 2.24) is 10.3 Å². The summed E-state index contributed by atoms with van der Waals surface area (Å²) in [6.07, 6.45) is 0. The van der Waals surface area contributed by atoms with Gasteiger partial charge in [0.25, 0.3) is 11.6 Å². The monoisotopic (exact) mass is 533 g/mol. The Kier molecular flexibility index (Phi) is 7.15. The Morgan fingerprint density at radius 3 is 2.71 bits per heavy atom. The van der Waals surface area contributed by atoms with Crippen LogP contribution in [0.2, 0.25) is 0 Å². The van der Waals surface area contributed by atoms with Crippen molar-refractivity contribution in [1.29, 1.82) is 0 Å². The second-order valence-electron chi connectivity index (χ2n) is 8.40. The van der Waals surface area contributed by atoms with Crippen LogP contribution in [0.1, 0.15) is 10.4 Å². The minimum absolute atomic E-state index is 0.0364. The first-order chi connectivity index (χ1) is 18.4. The lowest BCUT2D eigenvalue weighted by molar-refractivity contribution is -0.384. The number of methoxy groups -OCH3 is 1. The molecule has 0 unspecified atom stereocenters. The third-order valence-corrected chi connectivity index (χ3v) is 6.18. The van der Waals surface area contributed by atoms with Gasteiger partial charge in [-0.3, -0.25) is 20.2 Å². The number of anilines is 2. The van der Waals surface area contributed by atoms with E-state index in [0.29, 0.717) is 66.0 Å². The highest BCUT2D eigenvalue weighted by molar-refractivity contribution is 7.80. The maximum Gasteiger partial charge on any atom is 0.293 e. The van der Waals surface area contributed by atoms with Crippen molar-refractivity contribution in [2.45, 2.75) is 0 Å². The first-order valence-electron chi connectivity index (χ1n) is 11.7. The summed E-state index contributed by atoms with van der Waals surface area (Å²) in [7, 11) is 1.58. The Hall–Kier alpha value is -4.55. The van der Waals surface area contributed by atoms with E-state index in [4.69, 9.17) is 26.1 Å². The van der Waals surface area contributed by atoms with E-state index in [0.717, 1.165) is 0 Å². The fourth-order valence-electron chi connectivity index (χ4n) is 4.11. The molecule has 0 radical (unpaired) electrons. The van der Waals surface area contributed by atoms with Gasteiger partial charge in [0, 0.05) is 42.0 Å². The maximum absolute atomic E-state index is 12.8. The molecule has 1 fully saturated rings. The summed E-state index contributed by atoms with van der Waals surface area (Å²) in [6, 6.07) is 16.9. The standard InChI is InChI=1S/C26H23N5O6S/c1-35-19-6-8-23-20(15-19)28-25(37-23)17-3-2-4-18(13-17)27-26(38)29-24(32)16-5-7-21(22(14-16)31(33)34)30-9-11-36-12-10-30/h2-8,13-15H,9-12H2,1H3,(H2,27,29,32,38). The summed E-state index contributed by atoms with van der Waals surface area (Å²) in [5.74, 6) is 0.526. The largest absolute Gasteiger partial charge is 0.497 e. The average molecular weight is 534 g/mol. The number of amides is 1. The second-order valence-corrected chi connectivity index (χ2v) is 8.81. The fraction of sp³-hybridized carbons (Fsp3) is 0.192. The number of carbonyl (C=O) groups excluding carboxylic acids is 1. The van der Waals surface area contributed by atoms with E-state index in [-0.39, 0.29) is 16.4 Å². The number of fused-ring (bicyclic) bond motifs is 1. The van der Waals surface area contributed by atoms with Gasteiger partial charge in [-0.05, 0) is 54.7 Å². The minimum atomic E-state index is -0.566. The number of nitro groups is 1. The fourth-order valence-corrected chi connectivity index (χ4v) is 4.32. The highest BCUT2D eigenvalue weighted by atomic mass is 32.1. The summed E-state index contributed by atoms with van der Waals surface area (Å²) < 4.78 is 16.4. The van der Waals surface area contributed by atoms with E-state index in [1.54, 1.807) is 55.6 Å². The lowest BCUT2D eigenvalue weighted by atomic mass is 10.1. The zero-order valence-electron chi connectivity index (χ0n) is 20.3. The molecular weight excluding hydrogens is 510 g/mol. The molecule has 0 bridgehead atoms. The highest BCUT2D eigenvalue weighted by Gasteiger charge is 2.23. The van der Waals surface area contributed by atoms with Crippen LogP contribution < -0.4 is 20.3 Å². The van der Waals surface area contributed by atoms with Crippen molar-refractivity contribution in [3.05, 3.63) is 76.3 Å². The third-order valence-electron chi connectivity index (χ3n) is 5.98. The number of hydrogen-bond donors (Lipinski definition) is 2. The Labute approximate surface area is 222 Å². The van der Waals surface area contributed by atoms with Crippen LogP contribution in [0.4, 0.5) is 17.1 Å². The smallest absolute Gasteiger partial charge is 0.293 e. The van der Waals surface area contributed by atoms with Gasteiger partial charge in [0.05, 0.1) is 25.2 Å². The number of benzene rings is 3. The number of nitrogens with one attached hydrogen (secondary N) is 2. The molecular formula is C26H23N5O6S. The molecule has 0 saturated carbocycles. The molecule has 0 spiro atoms. The molecule has 3 aromatic carbocycles. The van der Waals surface area contributed by atoms with Gasteiger partial charge in [-0.15, -0.1) is 0 Å². The van der Waals surface area contributed by atoms with E-state index in [1.807, 2.05) is 11.0 Å². The molecule has 0 aliphatic carbocycles. The average Bonchev–Trinajstić information content (AvgIpc) is 3.37. The summed E-state index contributed by atoms with van der Waals surface area (Å²) in [5.41, 5.74) is 3.00. The molecule has 194 valence electrons. The molecule has 4 aromatic rings. The number of thiocarbonyl (C=S) groups is 1. The maximum atomic E-state index is 12.8. The SMILES string of the molecule is COc1ccc2oc(-c3cccc(NC(=S)NC(=O)c4ccc(N5CCOCC5)c([N+](=O)[O-])c4)c3)nc2c1. The first kappa shape index (κ1) is 25.1. The van der Waals surface area contributed by atoms with Crippen LogP contribution in [-0.2, 0) is 4.74 Å². The zero-order chi connectivity index (χ0) is 26.6. The van der Waals surface area contributed by atoms with Crippen LogP contribution in [0.25, 0.3) is 22.6 Å². The first-order valence-corrected chi connectivity index (χ1v) is 12.1. The topological polar surface area (TPSA) is 132 Å². The second kappa shape index (κ2) is 10.8. The Balaban J connectivity index is 1.28. The van der Waals surface area contributed by atoms with Crippen molar-refractivity contribution >= 4 is 51.4 Å². The number of nitrogens with zero attached hydrogens (tertiary/aromatic N) is 3. The van der Waals surface area contributed by atoms with E-state index in [1.165, 1.54) is 6.07 Å². The van der Waals surface area contributed by atoms with Crippen molar-refractivity contribution in [3.63, 3.8) is 0 Å². The minimum Gasteiger partial charge on any atom is -0.497 e. The van der Waals surface area contributed by atoms with Crippen molar-refractivity contribution in [2.24, 2.45) is 0 Å². The normalized spacial score (nSPS) is 13.2. The molecule has 2 heterocycles. The van der Waals surface area contributed by atoms with Crippen LogP contribution in [0.3, 0.4) is 0 Å². The van der Waals surface area contributed by atoms with E-state index in [2.05, 4.69) is 15.6 Å². The Morgan fingerprint density at radius 2 is 1.95 bits per heavy atom. The summed E-state index contributed by atoms with van der Waals surface area (Å²) in [4.78, 5) is 30.4. The van der Waals surface area contributed by atoms with Crippen molar-refractivity contribution in [2.75, 3.05) is 43.6 Å². The number of ether oxygens (including phenoxy) is 2. The lowest BCUT2D eigenvalue weighted by Crippen LogP contribution is -2.37. The number of rotatable bonds is 6. The molecule has 1 aliphatic heterocycles. The molecule has 1 aliphatic rings. The van der Waals surface area contributed by atoms with Crippen molar-refractivity contribution < 1.29 is 23.6 Å². The van der Waals surface area contributed by atoms with Gasteiger partial charge in [-0.2, -0.15) is 0 Å². The molecule has 0 atom stereocenters. The van der Waals surface area contributed by atoms with Gasteiger partial charge < -0.3 is 24.1 Å². The molecule has 1 amide bonds. The van der Waals surface area contributed by atoms with Crippen LogP contribution in [0.5, 0.6) is 5.75 Å². The van der Waals surface area contributed by atoms with Gasteiger partial charge in [-0.1, -0.05) is 6.07 Å². The molecule has 5 rings (SSSR count). The predicted octanol–water partition coefficient (Wildman–Crippen LogP) is 4.38. The van der Waals surface area contributed by atoms with E-state index in [9.17, 15) is 14.9 Å². The number of carbonyl (C=O) groups is 1. The van der Waals surface area contributed by atoms with Crippen LogP contribution in [0.15, 0.2) is 65.1 Å². The van der Waals surface area contributed by atoms with E-state index < -0.39 is 10.8 Å². The molecule has 12 heteroatoms. The number of morpholine rings is 1. The quantitative estimate of drug-likeness (QED) is 0.209. The molecule has 11 nitrogen and oxygen atoms in total. The summed E-state index contributed by atoms with van der Waals surface area (Å²) in [5, 5.41) is 17.3. The summed E-state index contributed by atoms with van der Waals surface area (Å²) in [6.45, 7) is 2.05. The molecule has 1 aromatic heterocycles. The van der Waals surface area contributed by atoms with E-state index >= 15 is 0 Å². The van der Waals surface area contributed by atoms with Crippen LogP contribution >= 0.6 is 12.2 Å². The van der Waals surface area contributed by atoms with Gasteiger partial charge in [-0.25, -0.2) is 4.98 Å². The number of hydrogen-bond acceptors (Lipinski definition) is 9. The Bertz CT molecular complexity index is 1530. The van der Waals surface area contributed by atoms with Crippen LogP contribution in [0, 0.1) is 10.1 Å². The predicted molar refractivity (Wildman–Crippen MR) is 146 cm³/mol. The number of nitro benzene ring substituents is 1. The molecule has 2 N–H and O–H groups in total. The molecule has 38 heavy (non-hydrogen) atoms. The lowest BCUT2D eigenvalue weighted by Gasteiger charge is -2.28. The molecule has 1 saturated heterocycles. The van der Waals surface area contributed by atoms with Gasteiger partial charge >= 0.3 is 0 Å². The zero-order valence-corrected chi connectivity index (χ0v) is 21.1. The van der Waals surface area contributed by atoms with Crippen molar-refractivity contribution in [3.8, 4) is 17.2 Å². The number of oxazole rings is 1. The van der Waals surface area contributed by atoms with Gasteiger partial charge in [0.2, 0.25) is 5.89 Å². The third kappa shape index (κ3) is 5.41. The number of aromatic nitrogens is 1.